The second-order valence-electron chi connectivity index (χ2n) is 5.07. The van der Waals surface area contributed by atoms with Gasteiger partial charge < -0.3 is 19.6 Å². The van der Waals surface area contributed by atoms with Crippen molar-refractivity contribution < 1.29 is 19.4 Å². The molecule has 0 atom stereocenters. The number of H-pyrrole nitrogens is 1. The number of hydrogen-bond donors (Lipinski definition) is 2. The molecule has 1 heterocycles. The van der Waals surface area contributed by atoms with Gasteiger partial charge in [0.2, 0.25) is 0 Å². The molecule has 1 aromatic heterocycles. The number of methoxy groups -OCH3 is 1. The van der Waals surface area contributed by atoms with Crippen LogP contribution in [0.3, 0.4) is 0 Å². The van der Waals surface area contributed by atoms with Gasteiger partial charge in [0.15, 0.2) is 11.5 Å². The standard InChI is InChI=1S/C18H16N2O4/c1-23-16-10-12(7-9-18(21)22)6-8-15(16)24-11-17-19-13-4-2-3-5-14(13)20-17/h2-10H,11H2,1H3,(H,19,20)(H,21,22)/b9-7+. The molecule has 0 spiro atoms. The van der Waals surface area contributed by atoms with Gasteiger partial charge >= 0.3 is 5.97 Å². The number of aromatic amines is 1. The fourth-order valence-electron chi connectivity index (χ4n) is 2.29. The number of para-hydroxylation sites is 2. The number of fused-ring (bicyclic) bond motifs is 1. The van der Waals surface area contributed by atoms with E-state index in [0.717, 1.165) is 17.1 Å². The SMILES string of the molecule is COc1cc(/C=C/C(=O)O)ccc1OCc1nc2ccccc2[nH]1. The van der Waals surface area contributed by atoms with E-state index >= 15 is 0 Å². The van der Waals surface area contributed by atoms with Gasteiger partial charge in [-0.1, -0.05) is 18.2 Å². The largest absolute Gasteiger partial charge is 0.493 e. The van der Waals surface area contributed by atoms with Gasteiger partial charge in [-0.3, -0.25) is 0 Å². The summed E-state index contributed by atoms with van der Waals surface area (Å²) in [4.78, 5) is 18.2. The Morgan fingerprint density at radius 2 is 2.08 bits per heavy atom. The molecule has 3 rings (SSSR count). The first-order chi connectivity index (χ1) is 11.7. The molecular formula is C18H16N2O4. The minimum atomic E-state index is -1.00. The van der Waals surface area contributed by atoms with Gasteiger partial charge in [0, 0.05) is 6.08 Å². The van der Waals surface area contributed by atoms with Crippen molar-refractivity contribution in [1.29, 1.82) is 0 Å². The maximum atomic E-state index is 10.6. The number of aliphatic carboxylic acids is 1. The van der Waals surface area contributed by atoms with Crippen molar-refractivity contribution in [3.05, 3.63) is 59.9 Å². The molecule has 3 aromatic rings. The van der Waals surface area contributed by atoms with Crippen molar-refractivity contribution in [3.8, 4) is 11.5 Å². The van der Waals surface area contributed by atoms with Crippen LogP contribution in [-0.2, 0) is 11.4 Å². The molecule has 2 aromatic carbocycles. The molecule has 6 heteroatoms. The Balaban J connectivity index is 1.75. The second-order valence-corrected chi connectivity index (χ2v) is 5.07. The average molecular weight is 324 g/mol. The van der Waals surface area contributed by atoms with E-state index in [1.807, 2.05) is 24.3 Å². The van der Waals surface area contributed by atoms with E-state index in [1.165, 1.54) is 13.2 Å². The van der Waals surface area contributed by atoms with Crippen LogP contribution < -0.4 is 9.47 Å². The Labute approximate surface area is 138 Å². The number of carboxylic acids is 1. The molecule has 0 aliphatic carbocycles. The smallest absolute Gasteiger partial charge is 0.328 e. The summed E-state index contributed by atoms with van der Waals surface area (Å²) in [5, 5.41) is 8.67. The molecule has 0 saturated heterocycles. The van der Waals surface area contributed by atoms with Gasteiger partial charge in [-0.05, 0) is 35.9 Å². The van der Waals surface area contributed by atoms with E-state index in [4.69, 9.17) is 14.6 Å². The second kappa shape index (κ2) is 6.87. The van der Waals surface area contributed by atoms with Crippen LogP contribution in [0.2, 0.25) is 0 Å². The maximum Gasteiger partial charge on any atom is 0.328 e. The zero-order valence-corrected chi connectivity index (χ0v) is 13.0. The molecule has 6 nitrogen and oxygen atoms in total. The van der Waals surface area contributed by atoms with E-state index in [-0.39, 0.29) is 6.61 Å². The molecule has 0 bridgehead atoms. The van der Waals surface area contributed by atoms with Crippen LogP contribution in [0.4, 0.5) is 0 Å². The predicted octanol–water partition coefficient (Wildman–Crippen LogP) is 3.25. The summed E-state index contributed by atoms with van der Waals surface area (Å²) in [6, 6.07) is 13.0. The highest BCUT2D eigenvalue weighted by Crippen LogP contribution is 2.29. The van der Waals surface area contributed by atoms with Crippen LogP contribution in [0.1, 0.15) is 11.4 Å². The monoisotopic (exact) mass is 324 g/mol. The Morgan fingerprint density at radius 1 is 1.25 bits per heavy atom. The van der Waals surface area contributed by atoms with Crippen molar-refractivity contribution in [1.82, 2.24) is 9.97 Å². The molecule has 2 N–H and O–H groups in total. The number of rotatable bonds is 6. The number of hydrogen-bond acceptors (Lipinski definition) is 4. The highest BCUT2D eigenvalue weighted by Gasteiger charge is 2.08. The summed E-state index contributed by atoms with van der Waals surface area (Å²) < 4.78 is 11.1. The first-order valence-electron chi connectivity index (χ1n) is 7.31. The molecular weight excluding hydrogens is 308 g/mol. The predicted molar refractivity (Wildman–Crippen MR) is 90.1 cm³/mol. The third kappa shape index (κ3) is 3.55. The van der Waals surface area contributed by atoms with Gasteiger partial charge in [0.1, 0.15) is 12.4 Å². The Bertz CT molecular complexity index is 866. The number of nitrogens with one attached hydrogen (secondary N) is 1. The molecule has 0 saturated carbocycles. The summed E-state index contributed by atoms with van der Waals surface area (Å²) in [6.07, 6.45) is 2.57. The van der Waals surface area contributed by atoms with E-state index in [0.29, 0.717) is 22.9 Å². The van der Waals surface area contributed by atoms with Crippen LogP contribution in [0, 0.1) is 0 Å². The minimum Gasteiger partial charge on any atom is -0.493 e. The van der Waals surface area contributed by atoms with Crippen LogP contribution in [-0.4, -0.2) is 28.2 Å². The number of carboxylic acid groups (broad SMARTS) is 1. The number of carbonyl (C=O) groups is 1. The van der Waals surface area contributed by atoms with E-state index < -0.39 is 5.97 Å². The molecule has 0 radical (unpaired) electrons. The quantitative estimate of drug-likeness (QED) is 0.680. The lowest BCUT2D eigenvalue weighted by molar-refractivity contribution is -0.131. The number of imidazole rings is 1. The van der Waals surface area contributed by atoms with Crippen molar-refractivity contribution in [3.63, 3.8) is 0 Å². The maximum absolute atomic E-state index is 10.6. The number of ether oxygens (including phenoxy) is 2. The normalized spacial score (nSPS) is 11.0. The summed E-state index contributed by atoms with van der Waals surface area (Å²) >= 11 is 0. The highest BCUT2D eigenvalue weighted by molar-refractivity contribution is 5.85. The number of nitrogens with zero attached hydrogens (tertiary/aromatic N) is 1. The molecule has 0 aliphatic heterocycles. The van der Waals surface area contributed by atoms with E-state index in [1.54, 1.807) is 18.2 Å². The Morgan fingerprint density at radius 3 is 2.83 bits per heavy atom. The van der Waals surface area contributed by atoms with Crippen molar-refractivity contribution in [2.75, 3.05) is 7.11 Å². The fraction of sp³-hybridized carbons (Fsp3) is 0.111. The van der Waals surface area contributed by atoms with Gasteiger partial charge in [0.05, 0.1) is 18.1 Å². The first-order valence-corrected chi connectivity index (χ1v) is 7.31. The van der Waals surface area contributed by atoms with Crippen molar-refractivity contribution >= 4 is 23.1 Å². The van der Waals surface area contributed by atoms with E-state index in [2.05, 4.69) is 9.97 Å². The fourth-order valence-corrected chi connectivity index (χ4v) is 2.29. The number of aromatic nitrogens is 2. The zero-order chi connectivity index (χ0) is 16.9. The zero-order valence-electron chi connectivity index (χ0n) is 13.0. The highest BCUT2D eigenvalue weighted by atomic mass is 16.5. The van der Waals surface area contributed by atoms with Gasteiger partial charge in [0.25, 0.3) is 0 Å². The van der Waals surface area contributed by atoms with Crippen LogP contribution in [0.15, 0.2) is 48.5 Å². The summed E-state index contributed by atoms with van der Waals surface area (Å²) in [5.74, 6) is 0.802. The van der Waals surface area contributed by atoms with Crippen LogP contribution >= 0.6 is 0 Å². The van der Waals surface area contributed by atoms with Crippen LogP contribution in [0.25, 0.3) is 17.1 Å². The molecule has 24 heavy (non-hydrogen) atoms. The number of benzene rings is 2. The lowest BCUT2D eigenvalue weighted by Crippen LogP contribution is -1.99. The summed E-state index contributed by atoms with van der Waals surface area (Å²) in [7, 11) is 1.54. The molecule has 0 unspecified atom stereocenters. The topological polar surface area (TPSA) is 84.4 Å². The minimum absolute atomic E-state index is 0.273. The van der Waals surface area contributed by atoms with Gasteiger partial charge in [-0.2, -0.15) is 0 Å². The molecule has 122 valence electrons. The van der Waals surface area contributed by atoms with Gasteiger partial charge in [-0.15, -0.1) is 0 Å². The van der Waals surface area contributed by atoms with Crippen LogP contribution in [0.5, 0.6) is 11.5 Å². The van der Waals surface area contributed by atoms with Crippen molar-refractivity contribution in [2.24, 2.45) is 0 Å². The van der Waals surface area contributed by atoms with Gasteiger partial charge in [-0.25, -0.2) is 9.78 Å². The Kier molecular flexibility index (Phi) is 4.47. The molecule has 0 amide bonds. The lowest BCUT2D eigenvalue weighted by atomic mass is 10.2. The first kappa shape index (κ1) is 15.6. The third-order valence-corrected chi connectivity index (χ3v) is 3.41. The summed E-state index contributed by atoms with van der Waals surface area (Å²) in [6.45, 7) is 0.273. The lowest BCUT2D eigenvalue weighted by Gasteiger charge is -2.10. The molecule has 0 fully saturated rings. The molecule has 0 aliphatic rings. The third-order valence-electron chi connectivity index (χ3n) is 3.41. The average Bonchev–Trinajstić information content (AvgIpc) is 3.01. The van der Waals surface area contributed by atoms with Crippen molar-refractivity contribution in [2.45, 2.75) is 6.61 Å². The van der Waals surface area contributed by atoms with E-state index in [9.17, 15) is 4.79 Å². The summed E-state index contributed by atoms with van der Waals surface area (Å²) in [5.41, 5.74) is 2.56. The Hall–Kier alpha value is -3.28.